The van der Waals surface area contributed by atoms with Crippen molar-refractivity contribution in [2.75, 3.05) is 7.05 Å². The maximum absolute atomic E-state index is 5.75. The molecule has 0 saturated carbocycles. The highest BCUT2D eigenvalue weighted by Crippen LogP contribution is 2.20. The summed E-state index contributed by atoms with van der Waals surface area (Å²) in [6.45, 7) is 2.19. The van der Waals surface area contributed by atoms with E-state index in [0.717, 1.165) is 24.3 Å². The van der Waals surface area contributed by atoms with Gasteiger partial charge in [-0.2, -0.15) is 0 Å². The average Bonchev–Trinajstić information content (AvgIpc) is 2.90. The van der Waals surface area contributed by atoms with Crippen LogP contribution in [0.15, 0.2) is 34.7 Å². The van der Waals surface area contributed by atoms with Crippen LogP contribution >= 0.6 is 0 Å². The van der Waals surface area contributed by atoms with Crippen LogP contribution < -0.4 is 5.32 Å². The predicted molar refractivity (Wildman–Crippen MR) is 74.9 cm³/mol. The summed E-state index contributed by atoms with van der Waals surface area (Å²) in [5, 5.41) is 11.5. The Kier molecular flexibility index (Phi) is 5.10. The maximum Gasteiger partial charge on any atom is 0.237 e. The van der Waals surface area contributed by atoms with Gasteiger partial charge in [0.05, 0.1) is 0 Å². The Balaban J connectivity index is 2.07. The van der Waals surface area contributed by atoms with Gasteiger partial charge in [-0.25, -0.2) is 0 Å². The smallest absolute Gasteiger partial charge is 0.237 e. The first kappa shape index (κ1) is 13.7. The topological polar surface area (TPSA) is 51.0 Å². The molecule has 19 heavy (non-hydrogen) atoms. The van der Waals surface area contributed by atoms with Gasteiger partial charge in [-0.15, -0.1) is 10.2 Å². The van der Waals surface area contributed by atoms with Crippen molar-refractivity contribution < 1.29 is 4.42 Å². The number of hydrogen-bond donors (Lipinski definition) is 1. The first-order valence-electron chi connectivity index (χ1n) is 6.89. The van der Waals surface area contributed by atoms with Gasteiger partial charge in [-0.1, -0.05) is 50.1 Å². The van der Waals surface area contributed by atoms with Crippen molar-refractivity contribution in [3.05, 3.63) is 47.7 Å². The Morgan fingerprint density at radius 2 is 1.95 bits per heavy atom. The summed E-state index contributed by atoms with van der Waals surface area (Å²) in [4.78, 5) is 0. The summed E-state index contributed by atoms with van der Waals surface area (Å²) in [6, 6.07) is 10.1. The highest BCUT2D eigenvalue weighted by atomic mass is 16.4. The zero-order valence-electron chi connectivity index (χ0n) is 11.6. The summed E-state index contributed by atoms with van der Waals surface area (Å²) >= 11 is 0. The molecule has 1 aromatic carbocycles. The molecule has 0 aliphatic carbocycles. The fourth-order valence-corrected chi connectivity index (χ4v) is 2.09. The van der Waals surface area contributed by atoms with Gasteiger partial charge in [0.15, 0.2) is 0 Å². The van der Waals surface area contributed by atoms with Crippen molar-refractivity contribution in [2.24, 2.45) is 0 Å². The Bertz CT molecular complexity index is 481. The van der Waals surface area contributed by atoms with Crippen LogP contribution in [-0.4, -0.2) is 17.2 Å². The number of nitrogens with zero attached hydrogens (tertiary/aromatic N) is 2. The fourth-order valence-electron chi connectivity index (χ4n) is 2.09. The van der Waals surface area contributed by atoms with Crippen molar-refractivity contribution in [3.63, 3.8) is 0 Å². The van der Waals surface area contributed by atoms with Gasteiger partial charge in [0.25, 0.3) is 0 Å². The number of hydrogen-bond acceptors (Lipinski definition) is 4. The molecule has 4 nitrogen and oxygen atoms in total. The van der Waals surface area contributed by atoms with Gasteiger partial charge in [0, 0.05) is 6.42 Å². The molecule has 1 N–H and O–H groups in total. The van der Waals surface area contributed by atoms with Crippen LogP contribution in [0.5, 0.6) is 0 Å². The number of aryl methyl sites for hydroxylation is 1. The molecule has 1 unspecified atom stereocenters. The van der Waals surface area contributed by atoms with Gasteiger partial charge in [0.2, 0.25) is 11.8 Å². The third-order valence-electron chi connectivity index (χ3n) is 3.15. The van der Waals surface area contributed by atoms with E-state index in [-0.39, 0.29) is 6.04 Å². The van der Waals surface area contributed by atoms with Crippen molar-refractivity contribution in [1.29, 1.82) is 0 Å². The van der Waals surface area contributed by atoms with E-state index < -0.39 is 0 Å². The van der Waals surface area contributed by atoms with Gasteiger partial charge in [0.1, 0.15) is 6.04 Å². The van der Waals surface area contributed by atoms with Crippen molar-refractivity contribution in [3.8, 4) is 0 Å². The Morgan fingerprint density at radius 3 is 2.63 bits per heavy atom. The van der Waals surface area contributed by atoms with Crippen LogP contribution in [0.1, 0.15) is 49.6 Å². The monoisotopic (exact) mass is 259 g/mol. The van der Waals surface area contributed by atoms with E-state index in [0.29, 0.717) is 5.89 Å². The summed E-state index contributed by atoms with van der Waals surface area (Å²) < 4.78 is 5.75. The van der Waals surface area contributed by atoms with E-state index in [9.17, 15) is 0 Å². The van der Waals surface area contributed by atoms with Crippen LogP contribution in [0.3, 0.4) is 0 Å². The number of rotatable bonds is 7. The van der Waals surface area contributed by atoms with Crippen molar-refractivity contribution in [2.45, 2.75) is 38.6 Å². The van der Waals surface area contributed by atoms with E-state index >= 15 is 0 Å². The Morgan fingerprint density at radius 1 is 1.16 bits per heavy atom. The quantitative estimate of drug-likeness (QED) is 0.776. The second-order valence-corrected chi connectivity index (χ2v) is 4.62. The molecule has 0 radical (unpaired) electrons. The third-order valence-corrected chi connectivity index (χ3v) is 3.15. The summed E-state index contributed by atoms with van der Waals surface area (Å²) in [5.74, 6) is 1.37. The lowest BCUT2D eigenvalue weighted by molar-refractivity contribution is 0.411. The second kappa shape index (κ2) is 7.04. The largest absolute Gasteiger partial charge is 0.423 e. The maximum atomic E-state index is 5.75. The third kappa shape index (κ3) is 3.64. The zero-order valence-corrected chi connectivity index (χ0v) is 11.6. The van der Waals surface area contributed by atoms with Crippen molar-refractivity contribution >= 4 is 0 Å². The highest BCUT2D eigenvalue weighted by Gasteiger charge is 2.18. The first-order valence-corrected chi connectivity index (χ1v) is 6.89. The molecule has 0 aliphatic heterocycles. The lowest BCUT2D eigenvalue weighted by Gasteiger charge is -2.11. The fraction of sp³-hybridized carbons (Fsp3) is 0.467. The Hall–Kier alpha value is -1.68. The molecule has 0 aliphatic rings. The summed E-state index contributed by atoms with van der Waals surface area (Å²) in [6.07, 6.45) is 4.37. The molecule has 0 fully saturated rings. The van der Waals surface area contributed by atoms with E-state index in [2.05, 4.69) is 34.6 Å². The summed E-state index contributed by atoms with van der Waals surface area (Å²) in [5.41, 5.74) is 1.13. The van der Waals surface area contributed by atoms with E-state index in [4.69, 9.17) is 4.42 Å². The molecule has 1 atom stereocenters. The minimum atomic E-state index is -0.0337. The van der Waals surface area contributed by atoms with E-state index in [1.165, 1.54) is 12.8 Å². The highest BCUT2D eigenvalue weighted by molar-refractivity contribution is 5.23. The molecular formula is C15H21N3O. The van der Waals surface area contributed by atoms with Gasteiger partial charge in [-0.3, -0.25) is 0 Å². The summed E-state index contributed by atoms with van der Waals surface area (Å²) in [7, 11) is 1.90. The average molecular weight is 259 g/mol. The molecule has 2 aromatic rings. The Labute approximate surface area is 114 Å². The zero-order chi connectivity index (χ0) is 13.5. The van der Waals surface area contributed by atoms with Gasteiger partial charge in [-0.05, 0) is 19.0 Å². The molecule has 2 rings (SSSR count). The molecule has 1 aromatic heterocycles. The number of benzene rings is 1. The standard InChI is InChI=1S/C15H21N3O/c1-3-4-6-11-13-17-18-15(19-13)14(16-2)12-9-7-5-8-10-12/h5,7-10,14,16H,3-4,6,11H2,1-2H3. The van der Waals surface area contributed by atoms with E-state index in [1.54, 1.807) is 0 Å². The van der Waals surface area contributed by atoms with Crippen LogP contribution in [-0.2, 0) is 6.42 Å². The molecule has 4 heteroatoms. The first-order chi connectivity index (χ1) is 9.35. The molecule has 1 heterocycles. The number of nitrogens with one attached hydrogen (secondary N) is 1. The van der Waals surface area contributed by atoms with Crippen LogP contribution in [0.25, 0.3) is 0 Å². The normalized spacial score (nSPS) is 12.5. The van der Waals surface area contributed by atoms with E-state index in [1.807, 2.05) is 25.2 Å². The lowest BCUT2D eigenvalue weighted by atomic mass is 10.1. The molecule has 0 saturated heterocycles. The molecule has 0 spiro atoms. The molecule has 0 bridgehead atoms. The van der Waals surface area contributed by atoms with Crippen LogP contribution in [0, 0.1) is 0 Å². The second-order valence-electron chi connectivity index (χ2n) is 4.62. The lowest BCUT2D eigenvalue weighted by Crippen LogP contribution is -2.17. The SMILES string of the molecule is CCCCCc1nnc(C(NC)c2ccccc2)o1. The number of aromatic nitrogens is 2. The number of unbranched alkanes of at least 4 members (excludes halogenated alkanes) is 2. The minimum absolute atomic E-state index is 0.0337. The molecule has 0 amide bonds. The van der Waals surface area contributed by atoms with Gasteiger partial charge < -0.3 is 9.73 Å². The predicted octanol–water partition coefficient (Wildman–Crippen LogP) is 3.11. The molecule has 102 valence electrons. The molecular weight excluding hydrogens is 238 g/mol. The van der Waals surface area contributed by atoms with Crippen LogP contribution in [0.4, 0.5) is 0 Å². The van der Waals surface area contributed by atoms with Gasteiger partial charge >= 0.3 is 0 Å². The van der Waals surface area contributed by atoms with Crippen molar-refractivity contribution in [1.82, 2.24) is 15.5 Å². The van der Waals surface area contributed by atoms with Crippen LogP contribution in [0.2, 0.25) is 0 Å². The minimum Gasteiger partial charge on any atom is -0.423 e.